The van der Waals surface area contributed by atoms with Crippen LogP contribution in [0.3, 0.4) is 0 Å². The molecule has 0 saturated heterocycles. The fourth-order valence-corrected chi connectivity index (χ4v) is 2.69. The maximum atomic E-state index is 12.4. The maximum Gasteiger partial charge on any atom is 0.258 e. The fraction of sp³-hybridized carbons (Fsp3) is 0.0526. The molecule has 0 atom stereocenters. The molecule has 0 radical (unpaired) electrons. The van der Waals surface area contributed by atoms with E-state index in [1.54, 1.807) is 24.3 Å². The lowest BCUT2D eigenvalue weighted by Crippen LogP contribution is -2.15. The zero-order valence-corrected chi connectivity index (χ0v) is 14.9. The minimum Gasteiger partial charge on any atom is -0.364 e. The fourth-order valence-electron chi connectivity index (χ4n) is 2.57. The van der Waals surface area contributed by atoms with Crippen LogP contribution in [-0.2, 0) is 6.54 Å². The SMILES string of the molecule is O=C(Nc1nc(NCc2ccc(Cl)cc2)c2[nH]cnc2n1)c1ccccc1. The molecule has 2 aromatic heterocycles. The predicted molar refractivity (Wildman–Crippen MR) is 105 cm³/mol. The van der Waals surface area contributed by atoms with Crippen molar-refractivity contribution >= 4 is 40.4 Å². The molecule has 0 aliphatic carbocycles. The van der Waals surface area contributed by atoms with Gasteiger partial charge in [-0.25, -0.2) is 4.98 Å². The molecule has 4 rings (SSSR count). The van der Waals surface area contributed by atoms with Crippen LogP contribution in [0.5, 0.6) is 0 Å². The van der Waals surface area contributed by atoms with Crippen LogP contribution in [0.2, 0.25) is 5.02 Å². The molecular formula is C19H15ClN6O. The van der Waals surface area contributed by atoms with Crippen molar-refractivity contribution in [1.29, 1.82) is 0 Å². The molecule has 0 bridgehead atoms. The summed E-state index contributed by atoms with van der Waals surface area (Å²) in [6, 6.07) is 16.4. The number of H-pyrrole nitrogens is 1. The van der Waals surface area contributed by atoms with Crippen molar-refractivity contribution < 1.29 is 4.79 Å². The van der Waals surface area contributed by atoms with Crippen molar-refractivity contribution in [1.82, 2.24) is 19.9 Å². The Morgan fingerprint density at radius 3 is 2.59 bits per heavy atom. The van der Waals surface area contributed by atoms with Crippen molar-refractivity contribution in [2.24, 2.45) is 0 Å². The Kier molecular flexibility index (Phi) is 4.67. The van der Waals surface area contributed by atoms with Crippen molar-refractivity contribution in [3.8, 4) is 0 Å². The summed E-state index contributed by atoms with van der Waals surface area (Å²) in [6.07, 6.45) is 1.54. The van der Waals surface area contributed by atoms with Gasteiger partial charge in [-0.15, -0.1) is 0 Å². The zero-order chi connectivity index (χ0) is 18.6. The van der Waals surface area contributed by atoms with Gasteiger partial charge in [-0.1, -0.05) is 41.9 Å². The number of halogens is 1. The summed E-state index contributed by atoms with van der Waals surface area (Å²) in [6.45, 7) is 0.536. The van der Waals surface area contributed by atoms with Gasteiger partial charge in [0.1, 0.15) is 5.52 Å². The molecule has 27 heavy (non-hydrogen) atoms. The summed E-state index contributed by atoms with van der Waals surface area (Å²) >= 11 is 5.92. The Labute approximate surface area is 159 Å². The largest absolute Gasteiger partial charge is 0.364 e. The molecule has 0 spiro atoms. The van der Waals surface area contributed by atoms with E-state index in [0.29, 0.717) is 34.1 Å². The predicted octanol–water partition coefficient (Wildman–Crippen LogP) is 3.87. The molecule has 0 unspecified atom stereocenters. The van der Waals surface area contributed by atoms with E-state index in [4.69, 9.17) is 11.6 Å². The van der Waals surface area contributed by atoms with Crippen LogP contribution in [0, 0.1) is 0 Å². The summed E-state index contributed by atoms with van der Waals surface area (Å²) < 4.78 is 0. The minimum absolute atomic E-state index is 0.182. The van der Waals surface area contributed by atoms with Gasteiger partial charge in [-0.2, -0.15) is 9.97 Å². The number of carbonyl (C=O) groups is 1. The Hall–Kier alpha value is -3.45. The molecule has 2 heterocycles. The van der Waals surface area contributed by atoms with E-state index in [0.717, 1.165) is 5.56 Å². The maximum absolute atomic E-state index is 12.4. The van der Waals surface area contributed by atoms with E-state index >= 15 is 0 Å². The number of hydrogen-bond acceptors (Lipinski definition) is 5. The first-order chi connectivity index (χ1) is 13.2. The van der Waals surface area contributed by atoms with Crippen molar-refractivity contribution in [2.45, 2.75) is 6.54 Å². The second-order valence-electron chi connectivity index (χ2n) is 5.80. The number of imidazole rings is 1. The monoisotopic (exact) mass is 378 g/mol. The molecular weight excluding hydrogens is 364 g/mol. The number of nitrogens with zero attached hydrogens (tertiary/aromatic N) is 3. The summed E-state index contributed by atoms with van der Waals surface area (Å²) in [5, 5.41) is 6.64. The van der Waals surface area contributed by atoms with Crippen LogP contribution in [-0.4, -0.2) is 25.8 Å². The first-order valence-electron chi connectivity index (χ1n) is 8.25. The number of benzene rings is 2. The lowest BCUT2D eigenvalue weighted by Gasteiger charge is -2.09. The van der Waals surface area contributed by atoms with Gasteiger partial charge in [0.25, 0.3) is 5.91 Å². The number of rotatable bonds is 5. The number of nitrogens with one attached hydrogen (secondary N) is 3. The highest BCUT2D eigenvalue weighted by atomic mass is 35.5. The average Bonchev–Trinajstić information content (AvgIpc) is 3.17. The molecule has 2 aromatic carbocycles. The van der Waals surface area contributed by atoms with Crippen LogP contribution in [0.4, 0.5) is 11.8 Å². The zero-order valence-electron chi connectivity index (χ0n) is 14.1. The Morgan fingerprint density at radius 2 is 1.81 bits per heavy atom. The number of aromatic nitrogens is 4. The van der Waals surface area contributed by atoms with Gasteiger partial charge in [0, 0.05) is 17.1 Å². The van der Waals surface area contributed by atoms with Crippen LogP contribution < -0.4 is 10.6 Å². The van der Waals surface area contributed by atoms with Gasteiger partial charge in [-0.3, -0.25) is 10.1 Å². The molecule has 7 nitrogen and oxygen atoms in total. The quantitative estimate of drug-likeness (QED) is 0.490. The van der Waals surface area contributed by atoms with E-state index in [1.165, 1.54) is 6.33 Å². The van der Waals surface area contributed by atoms with Gasteiger partial charge >= 0.3 is 0 Å². The van der Waals surface area contributed by atoms with Crippen LogP contribution in [0.15, 0.2) is 60.9 Å². The standard InChI is InChI=1S/C19H15ClN6O/c20-14-8-6-12(7-9-14)10-21-16-15-17(23-11-22-15)25-19(24-16)26-18(27)13-4-2-1-3-5-13/h1-9,11H,10H2,(H3,21,22,23,24,25,26,27). The van der Waals surface area contributed by atoms with Crippen molar-refractivity contribution in [3.63, 3.8) is 0 Å². The first-order valence-corrected chi connectivity index (χ1v) is 8.63. The molecule has 0 aliphatic heterocycles. The van der Waals surface area contributed by atoms with E-state index in [-0.39, 0.29) is 11.9 Å². The first kappa shape index (κ1) is 17.0. The second-order valence-corrected chi connectivity index (χ2v) is 6.23. The Morgan fingerprint density at radius 1 is 1.04 bits per heavy atom. The number of amides is 1. The van der Waals surface area contributed by atoms with Gasteiger partial charge in [0.2, 0.25) is 5.95 Å². The second kappa shape index (κ2) is 7.43. The third kappa shape index (κ3) is 3.88. The lowest BCUT2D eigenvalue weighted by atomic mass is 10.2. The molecule has 0 aliphatic rings. The number of aromatic amines is 1. The van der Waals surface area contributed by atoms with Crippen molar-refractivity contribution in [3.05, 3.63) is 77.1 Å². The van der Waals surface area contributed by atoms with Gasteiger partial charge in [0.15, 0.2) is 11.5 Å². The molecule has 134 valence electrons. The van der Waals surface area contributed by atoms with E-state index in [9.17, 15) is 4.79 Å². The summed E-state index contributed by atoms with van der Waals surface area (Å²) in [5.74, 6) is 0.451. The van der Waals surface area contributed by atoms with E-state index in [1.807, 2.05) is 30.3 Å². The van der Waals surface area contributed by atoms with E-state index < -0.39 is 0 Å². The molecule has 0 saturated carbocycles. The smallest absolute Gasteiger partial charge is 0.258 e. The molecule has 0 fully saturated rings. The third-order valence-electron chi connectivity index (χ3n) is 3.92. The highest BCUT2D eigenvalue weighted by Gasteiger charge is 2.13. The van der Waals surface area contributed by atoms with Gasteiger partial charge in [-0.05, 0) is 29.8 Å². The number of carbonyl (C=O) groups excluding carboxylic acids is 1. The van der Waals surface area contributed by atoms with Crippen LogP contribution >= 0.6 is 11.6 Å². The lowest BCUT2D eigenvalue weighted by molar-refractivity contribution is 0.102. The highest BCUT2D eigenvalue weighted by molar-refractivity contribution is 6.30. The van der Waals surface area contributed by atoms with Gasteiger partial charge in [0.05, 0.1) is 6.33 Å². The molecule has 4 aromatic rings. The molecule has 1 amide bonds. The van der Waals surface area contributed by atoms with Crippen LogP contribution in [0.25, 0.3) is 11.2 Å². The average molecular weight is 379 g/mol. The number of hydrogen-bond donors (Lipinski definition) is 3. The topological polar surface area (TPSA) is 95.6 Å². The minimum atomic E-state index is -0.283. The number of fused-ring (bicyclic) bond motifs is 1. The summed E-state index contributed by atoms with van der Waals surface area (Å²) in [4.78, 5) is 28.2. The number of anilines is 2. The highest BCUT2D eigenvalue weighted by Crippen LogP contribution is 2.20. The Bertz CT molecular complexity index is 1080. The van der Waals surface area contributed by atoms with E-state index in [2.05, 4.69) is 30.6 Å². The Balaban J connectivity index is 1.57. The summed E-state index contributed by atoms with van der Waals surface area (Å²) in [5.41, 5.74) is 2.70. The molecule has 3 N–H and O–H groups in total. The van der Waals surface area contributed by atoms with Gasteiger partial charge < -0.3 is 10.3 Å². The third-order valence-corrected chi connectivity index (χ3v) is 4.17. The van der Waals surface area contributed by atoms with Crippen LogP contribution in [0.1, 0.15) is 15.9 Å². The summed E-state index contributed by atoms with van der Waals surface area (Å²) in [7, 11) is 0. The molecule has 8 heteroatoms. The van der Waals surface area contributed by atoms with Crippen molar-refractivity contribution in [2.75, 3.05) is 10.6 Å². The normalized spacial score (nSPS) is 10.7.